The molecule has 1 N–H and O–H groups in total. The summed E-state index contributed by atoms with van der Waals surface area (Å²) in [5, 5.41) is 6.41. The molecule has 1 fully saturated rings. The van der Waals surface area contributed by atoms with Gasteiger partial charge in [0.1, 0.15) is 12.3 Å². The van der Waals surface area contributed by atoms with E-state index in [9.17, 15) is 9.59 Å². The summed E-state index contributed by atoms with van der Waals surface area (Å²) in [4.78, 5) is 26.6. The molecule has 2 heterocycles. The molecule has 3 rings (SSSR count). The van der Waals surface area contributed by atoms with Crippen molar-refractivity contribution in [2.75, 3.05) is 18.4 Å². The smallest absolute Gasteiger partial charge is 0.290 e. The summed E-state index contributed by atoms with van der Waals surface area (Å²) in [5.74, 6) is 1.08. The molecule has 7 nitrogen and oxygen atoms in total. The average molecular weight is 345 g/mol. The fourth-order valence-corrected chi connectivity index (χ4v) is 3.24. The predicted octanol–water partition coefficient (Wildman–Crippen LogP) is 3.24. The summed E-state index contributed by atoms with van der Waals surface area (Å²) < 4.78 is 10.2. The molecule has 1 saturated carbocycles. The Labute approximate surface area is 146 Å². The Kier molecular flexibility index (Phi) is 5.53. The van der Waals surface area contributed by atoms with Crippen LogP contribution in [0.15, 0.2) is 33.4 Å². The molecule has 0 spiro atoms. The lowest BCUT2D eigenvalue weighted by atomic mass is 9.89. The highest BCUT2D eigenvalue weighted by Gasteiger charge is 2.25. The van der Waals surface area contributed by atoms with Crippen molar-refractivity contribution in [3.8, 4) is 0 Å². The highest BCUT2D eigenvalue weighted by molar-refractivity contribution is 5.97. The highest BCUT2D eigenvalue weighted by atomic mass is 16.5. The molecule has 2 amide bonds. The Hall–Kier alpha value is -2.57. The van der Waals surface area contributed by atoms with E-state index in [4.69, 9.17) is 8.94 Å². The van der Waals surface area contributed by atoms with Crippen LogP contribution in [0.3, 0.4) is 0 Å². The number of hydrogen-bond donors (Lipinski definition) is 1. The van der Waals surface area contributed by atoms with E-state index < -0.39 is 0 Å². The van der Waals surface area contributed by atoms with Crippen LogP contribution >= 0.6 is 0 Å². The van der Waals surface area contributed by atoms with E-state index >= 15 is 0 Å². The minimum atomic E-state index is -0.302. The SMILES string of the molecule is Cc1cc(NC(=O)CN(CC2CCCCC2)C(=O)c2ccco2)no1. The number of aromatic nitrogens is 1. The summed E-state index contributed by atoms with van der Waals surface area (Å²) in [5.41, 5.74) is 0. The largest absolute Gasteiger partial charge is 0.459 e. The number of carbonyl (C=O) groups excluding carboxylic acids is 2. The first-order chi connectivity index (χ1) is 12.1. The number of nitrogens with zero attached hydrogens (tertiary/aromatic N) is 2. The van der Waals surface area contributed by atoms with Crippen LogP contribution in [0.4, 0.5) is 5.82 Å². The van der Waals surface area contributed by atoms with Crippen LogP contribution in [-0.4, -0.2) is 35.0 Å². The van der Waals surface area contributed by atoms with Crippen molar-refractivity contribution in [1.82, 2.24) is 10.1 Å². The zero-order valence-corrected chi connectivity index (χ0v) is 14.4. The number of nitrogens with one attached hydrogen (secondary N) is 1. The van der Waals surface area contributed by atoms with Gasteiger partial charge in [0.25, 0.3) is 5.91 Å². The van der Waals surface area contributed by atoms with Crippen LogP contribution < -0.4 is 5.32 Å². The molecule has 2 aromatic rings. The van der Waals surface area contributed by atoms with Gasteiger partial charge in [0.15, 0.2) is 11.6 Å². The molecule has 1 aliphatic rings. The number of anilines is 1. The quantitative estimate of drug-likeness (QED) is 0.868. The van der Waals surface area contributed by atoms with Gasteiger partial charge in [-0.05, 0) is 37.8 Å². The molecule has 0 bridgehead atoms. The number of furan rings is 1. The molecule has 0 radical (unpaired) electrons. The standard InChI is InChI=1S/C18H23N3O4/c1-13-10-16(20-25-13)19-17(22)12-21(11-14-6-3-2-4-7-14)18(23)15-8-5-9-24-15/h5,8-10,14H,2-4,6-7,11-12H2,1H3,(H,19,20,22). The lowest BCUT2D eigenvalue weighted by Crippen LogP contribution is -2.41. The van der Waals surface area contributed by atoms with Crippen molar-refractivity contribution in [3.63, 3.8) is 0 Å². The van der Waals surface area contributed by atoms with Crippen LogP contribution in [-0.2, 0) is 4.79 Å². The fourth-order valence-electron chi connectivity index (χ4n) is 3.24. The molecule has 1 aliphatic carbocycles. The summed E-state index contributed by atoms with van der Waals surface area (Å²) >= 11 is 0. The Morgan fingerprint density at radius 3 is 2.76 bits per heavy atom. The molecular weight excluding hydrogens is 322 g/mol. The van der Waals surface area contributed by atoms with Crippen LogP contribution in [0.2, 0.25) is 0 Å². The second-order valence-corrected chi connectivity index (χ2v) is 6.54. The zero-order valence-electron chi connectivity index (χ0n) is 14.4. The van der Waals surface area contributed by atoms with E-state index in [0.717, 1.165) is 12.8 Å². The van der Waals surface area contributed by atoms with Gasteiger partial charge < -0.3 is 19.2 Å². The average Bonchev–Trinajstić information content (AvgIpc) is 3.26. The summed E-state index contributed by atoms with van der Waals surface area (Å²) in [6, 6.07) is 4.93. The number of carbonyl (C=O) groups is 2. The lowest BCUT2D eigenvalue weighted by Gasteiger charge is -2.28. The lowest BCUT2D eigenvalue weighted by molar-refractivity contribution is -0.117. The van der Waals surface area contributed by atoms with Crippen molar-refractivity contribution in [1.29, 1.82) is 0 Å². The van der Waals surface area contributed by atoms with Gasteiger partial charge in [-0.1, -0.05) is 24.4 Å². The molecule has 0 unspecified atom stereocenters. The molecule has 2 aromatic heterocycles. The van der Waals surface area contributed by atoms with E-state index in [0.29, 0.717) is 24.0 Å². The molecule has 7 heteroatoms. The van der Waals surface area contributed by atoms with E-state index in [1.54, 1.807) is 30.0 Å². The van der Waals surface area contributed by atoms with Gasteiger partial charge in [0.2, 0.25) is 5.91 Å². The topological polar surface area (TPSA) is 88.6 Å². The molecule has 25 heavy (non-hydrogen) atoms. The first-order valence-electron chi connectivity index (χ1n) is 8.68. The van der Waals surface area contributed by atoms with Crippen molar-refractivity contribution in [2.24, 2.45) is 5.92 Å². The molecule has 0 aliphatic heterocycles. The maximum Gasteiger partial charge on any atom is 0.290 e. The van der Waals surface area contributed by atoms with Gasteiger partial charge in [0.05, 0.1) is 6.26 Å². The van der Waals surface area contributed by atoms with Crippen molar-refractivity contribution in [2.45, 2.75) is 39.0 Å². The van der Waals surface area contributed by atoms with Crippen molar-refractivity contribution < 1.29 is 18.5 Å². The van der Waals surface area contributed by atoms with Crippen molar-refractivity contribution >= 4 is 17.6 Å². The molecule has 0 saturated heterocycles. The normalized spacial score (nSPS) is 15.1. The van der Waals surface area contributed by atoms with E-state index in [1.807, 2.05) is 0 Å². The van der Waals surface area contributed by atoms with E-state index in [-0.39, 0.29) is 24.1 Å². The van der Waals surface area contributed by atoms with Gasteiger partial charge in [0, 0.05) is 12.6 Å². The number of amides is 2. The van der Waals surface area contributed by atoms with Gasteiger partial charge in [-0.15, -0.1) is 0 Å². The highest BCUT2D eigenvalue weighted by Crippen LogP contribution is 2.25. The Bertz CT molecular complexity index is 702. The van der Waals surface area contributed by atoms with Gasteiger partial charge in [-0.2, -0.15) is 0 Å². The minimum absolute atomic E-state index is 0.0397. The fraction of sp³-hybridized carbons (Fsp3) is 0.500. The van der Waals surface area contributed by atoms with Crippen molar-refractivity contribution in [3.05, 3.63) is 36.0 Å². The summed E-state index contributed by atoms with van der Waals surface area (Å²) in [6.45, 7) is 2.27. The van der Waals surface area contributed by atoms with Crippen LogP contribution in [0.25, 0.3) is 0 Å². The summed E-state index contributed by atoms with van der Waals surface area (Å²) in [6.07, 6.45) is 7.24. The van der Waals surface area contributed by atoms with E-state index in [1.165, 1.54) is 25.5 Å². The van der Waals surface area contributed by atoms with Crippen LogP contribution in [0.1, 0.15) is 48.4 Å². The summed E-state index contributed by atoms with van der Waals surface area (Å²) in [7, 11) is 0. The molecule has 0 aromatic carbocycles. The third-order valence-corrected chi connectivity index (χ3v) is 4.45. The Morgan fingerprint density at radius 1 is 1.32 bits per heavy atom. The minimum Gasteiger partial charge on any atom is -0.459 e. The van der Waals surface area contributed by atoms with Gasteiger partial charge >= 0.3 is 0 Å². The maximum absolute atomic E-state index is 12.7. The monoisotopic (exact) mass is 345 g/mol. The zero-order chi connectivity index (χ0) is 17.6. The van der Waals surface area contributed by atoms with Gasteiger partial charge in [-0.3, -0.25) is 9.59 Å². The second-order valence-electron chi connectivity index (χ2n) is 6.54. The third kappa shape index (κ3) is 4.71. The van der Waals surface area contributed by atoms with Crippen LogP contribution in [0, 0.1) is 12.8 Å². The van der Waals surface area contributed by atoms with Gasteiger partial charge in [-0.25, -0.2) is 0 Å². The maximum atomic E-state index is 12.7. The Balaban J connectivity index is 1.66. The predicted molar refractivity (Wildman–Crippen MR) is 91.1 cm³/mol. The first-order valence-corrected chi connectivity index (χ1v) is 8.68. The number of rotatable bonds is 6. The Morgan fingerprint density at radius 2 is 2.12 bits per heavy atom. The molecule has 0 atom stereocenters. The molecule has 134 valence electrons. The van der Waals surface area contributed by atoms with E-state index in [2.05, 4.69) is 10.5 Å². The van der Waals surface area contributed by atoms with Crippen LogP contribution in [0.5, 0.6) is 0 Å². The third-order valence-electron chi connectivity index (χ3n) is 4.45. The second kappa shape index (κ2) is 8.00. The molecular formula is C18H23N3O4. The first kappa shape index (κ1) is 17.3. The number of hydrogen-bond acceptors (Lipinski definition) is 5. The number of aryl methyl sites for hydroxylation is 1.